The van der Waals surface area contributed by atoms with Crippen LogP contribution in [-0.2, 0) is 16.6 Å². The van der Waals surface area contributed by atoms with Crippen LogP contribution in [0.5, 0.6) is 0 Å². The third-order valence-electron chi connectivity index (χ3n) is 1.96. The lowest BCUT2D eigenvalue weighted by atomic mass is 10.2. The zero-order chi connectivity index (χ0) is 11.5. The molecule has 0 N–H and O–H groups in total. The Balaban J connectivity index is 2.84. The maximum Gasteiger partial charge on any atom is 0.224 e. The molecule has 0 aliphatic rings. The number of sulfonamides is 1. The molecule has 0 bridgehead atoms. The van der Waals surface area contributed by atoms with Crippen molar-refractivity contribution >= 4 is 41.9 Å². The fourth-order valence-electron chi connectivity index (χ4n) is 1.05. The molecule has 0 saturated heterocycles. The Bertz CT molecular complexity index is 433. The maximum absolute atomic E-state index is 11.5. The highest BCUT2D eigenvalue weighted by Gasteiger charge is 2.16. The van der Waals surface area contributed by atoms with Gasteiger partial charge in [-0.15, -0.1) is 0 Å². The molecule has 1 aromatic carbocycles. The first-order valence-electron chi connectivity index (χ1n) is 4.21. The Morgan fingerprint density at radius 1 is 1.33 bits per heavy atom. The van der Waals surface area contributed by atoms with E-state index in [9.17, 15) is 8.42 Å². The smallest absolute Gasteiger partial charge is 0.211 e. The van der Waals surface area contributed by atoms with Gasteiger partial charge < -0.3 is 0 Å². The quantitative estimate of drug-likeness (QED) is 0.777. The minimum atomic E-state index is -3.18. The molecule has 15 heavy (non-hydrogen) atoms. The Morgan fingerprint density at radius 2 is 1.93 bits per heavy atom. The topological polar surface area (TPSA) is 37.4 Å². The van der Waals surface area contributed by atoms with E-state index >= 15 is 0 Å². The number of benzene rings is 1. The van der Waals surface area contributed by atoms with E-state index in [2.05, 4.69) is 31.9 Å². The van der Waals surface area contributed by atoms with Crippen molar-refractivity contribution in [2.24, 2.45) is 0 Å². The molecule has 0 heterocycles. The molecule has 0 aromatic heterocycles. The third kappa shape index (κ3) is 3.55. The molecule has 0 fully saturated rings. The van der Waals surface area contributed by atoms with Gasteiger partial charge in [0.15, 0.2) is 0 Å². The number of nitrogens with zero attached hydrogens (tertiary/aromatic N) is 1. The molecule has 0 saturated carbocycles. The Hall–Kier alpha value is 0.0900. The van der Waals surface area contributed by atoms with Crippen LogP contribution in [0.3, 0.4) is 0 Å². The monoisotopic (exact) mass is 355 g/mol. The highest BCUT2D eigenvalue weighted by atomic mass is 79.9. The van der Waals surface area contributed by atoms with Crippen molar-refractivity contribution in [2.45, 2.75) is 6.54 Å². The molecule has 0 amide bonds. The number of halogens is 2. The summed E-state index contributed by atoms with van der Waals surface area (Å²) < 4.78 is 25.1. The number of hydrogen-bond donors (Lipinski definition) is 0. The van der Waals surface area contributed by atoms with Gasteiger partial charge in [-0.2, -0.15) is 4.31 Å². The minimum absolute atomic E-state index is 0.0546. The summed E-state index contributed by atoms with van der Waals surface area (Å²) >= 11 is 6.34. The van der Waals surface area contributed by atoms with Crippen LogP contribution in [0.1, 0.15) is 5.56 Å². The summed E-state index contributed by atoms with van der Waals surface area (Å²) in [7, 11) is -1.62. The fourth-order valence-corrected chi connectivity index (χ4v) is 3.01. The fraction of sp³-hybridized carbons (Fsp3) is 0.333. The number of alkyl halides is 1. The van der Waals surface area contributed by atoms with Gasteiger partial charge in [0.05, 0.1) is 0 Å². The first kappa shape index (κ1) is 13.2. The van der Waals surface area contributed by atoms with Gasteiger partial charge in [-0.3, -0.25) is 0 Å². The average Bonchev–Trinajstić information content (AvgIpc) is 2.21. The minimum Gasteiger partial charge on any atom is -0.211 e. The normalized spacial score (nSPS) is 12.0. The third-order valence-corrected chi connectivity index (χ3v) is 5.83. The summed E-state index contributed by atoms with van der Waals surface area (Å²) in [5, 5.41) is 0. The number of rotatable bonds is 4. The van der Waals surface area contributed by atoms with Crippen molar-refractivity contribution in [3.05, 3.63) is 34.3 Å². The molecule has 0 aliphatic carbocycles. The highest BCUT2D eigenvalue weighted by Crippen LogP contribution is 2.18. The van der Waals surface area contributed by atoms with E-state index in [1.165, 1.54) is 4.31 Å². The van der Waals surface area contributed by atoms with Gasteiger partial charge in [-0.1, -0.05) is 50.1 Å². The molecule has 0 radical (unpaired) electrons. The maximum atomic E-state index is 11.5. The van der Waals surface area contributed by atoms with Gasteiger partial charge in [0.25, 0.3) is 0 Å². The molecule has 0 unspecified atom stereocenters. The van der Waals surface area contributed by atoms with Crippen LogP contribution in [0, 0.1) is 0 Å². The van der Waals surface area contributed by atoms with Gasteiger partial charge in [0.2, 0.25) is 10.0 Å². The number of hydrogen-bond acceptors (Lipinski definition) is 2. The van der Waals surface area contributed by atoms with Gasteiger partial charge >= 0.3 is 0 Å². The standard InChI is InChI=1S/C9H11Br2NO2S/c1-12(15(13,14)7-10)6-8-4-2-3-5-9(8)11/h2-5H,6-7H2,1H3. The SMILES string of the molecule is CN(Cc1ccccc1Br)S(=O)(=O)CBr. The van der Waals surface area contributed by atoms with Crippen molar-refractivity contribution in [2.75, 3.05) is 11.7 Å². The molecule has 0 atom stereocenters. The molecule has 1 rings (SSSR count). The van der Waals surface area contributed by atoms with E-state index in [0.29, 0.717) is 6.54 Å². The predicted molar refractivity (Wildman–Crippen MR) is 68.3 cm³/mol. The highest BCUT2D eigenvalue weighted by molar-refractivity contribution is 9.11. The van der Waals surface area contributed by atoms with Crippen molar-refractivity contribution in [1.82, 2.24) is 4.31 Å². The van der Waals surface area contributed by atoms with Gasteiger partial charge in [-0.25, -0.2) is 8.42 Å². The van der Waals surface area contributed by atoms with Crippen molar-refractivity contribution in [1.29, 1.82) is 0 Å². The summed E-state index contributed by atoms with van der Waals surface area (Å²) in [6.45, 7) is 0.370. The summed E-state index contributed by atoms with van der Waals surface area (Å²) in [5.41, 5.74) is 0.949. The first-order chi connectivity index (χ1) is 6.97. The molecule has 1 aromatic rings. The Labute approximate surface area is 107 Å². The van der Waals surface area contributed by atoms with Crippen LogP contribution in [0.2, 0.25) is 0 Å². The molecule has 6 heteroatoms. The lowest BCUT2D eigenvalue weighted by molar-refractivity contribution is 0.470. The molecule has 3 nitrogen and oxygen atoms in total. The second-order valence-corrected chi connectivity index (χ2v) is 7.30. The molecule has 0 aliphatic heterocycles. The van der Waals surface area contributed by atoms with Crippen LogP contribution in [-0.4, -0.2) is 24.4 Å². The van der Waals surface area contributed by atoms with Crippen LogP contribution in [0.4, 0.5) is 0 Å². The van der Waals surface area contributed by atoms with Crippen molar-refractivity contribution < 1.29 is 8.42 Å². The largest absolute Gasteiger partial charge is 0.224 e. The summed E-state index contributed by atoms with van der Waals surface area (Å²) in [5.74, 6) is 0. The van der Waals surface area contributed by atoms with E-state index in [4.69, 9.17) is 0 Å². The zero-order valence-corrected chi connectivity index (χ0v) is 12.1. The van der Waals surface area contributed by atoms with Crippen LogP contribution >= 0.6 is 31.9 Å². The zero-order valence-electron chi connectivity index (χ0n) is 8.15. The van der Waals surface area contributed by atoms with E-state index in [-0.39, 0.29) is 4.66 Å². The summed E-state index contributed by atoms with van der Waals surface area (Å²) in [4.78, 5) is 0. The molecule has 0 spiro atoms. The van der Waals surface area contributed by atoms with E-state index < -0.39 is 10.0 Å². The van der Waals surface area contributed by atoms with Crippen LogP contribution in [0.25, 0.3) is 0 Å². The average molecular weight is 357 g/mol. The second-order valence-electron chi connectivity index (χ2n) is 3.07. The lowest BCUT2D eigenvalue weighted by Gasteiger charge is -2.16. The Morgan fingerprint density at radius 3 is 2.47 bits per heavy atom. The molecular formula is C9H11Br2NO2S. The summed E-state index contributed by atoms with van der Waals surface area (Å²) in [6.07, 6.45) is 0. The molecule has 84 valence electrons. The van der Waals surface area contributed by atoms with Gasteiger partial charge in [-0.05, 0) is 11.6 Å². The summed E-state index contributed by atoms with van der Waals surface area (Å²) in [6, 6.07) is 7.56. The van der Waals surface area contributed by atoms with Crippen LogP contribution < -0.4 is 0 Å². The van der Waals surface area contributed by atoms with Crippen molar-refractivity contribution in [3.8, 4) is 0 Å². The Kier molecular flexibility index (Phi) is 4.76. The van der Waals surface area contributed by atoms with E-state index in [1.54, 1.807) is 7.05 Å². The van der Waals surface area contributed by atoms with Gasteiger partial charge in [0, 0.05) is 18.1 Å². The van der Waals surface area contributed by atoms with E-state index in [0.717, 1.165) is 10.0 Å². The molecular weight excluding hydrogens is 346 g/mol. The van der Waals surface area contributed by atoms with Crippen molar-refractivity contribution in [3.63, 3.8) is 0 Å². The van der Waals surface area contributed by atoms with E-state index in [1.807, 2.05) is 24.3 Å². The second kappa shape index (κ2) is 5.43. The first-order valence-corrected chi connectivity index (χ1v) is 7.73. The van der Waals surface area contributed by atoms with Crippen LogP contribution in [0.15, 0.2) is 28.7 Å². The van der Waals surface area contributed by atoms with Gasteiger partial charge in [0.1, 0.15) is 4.66 Å². The predicted octanol–water partition coefficient (Wildman–Crippen LogP) is 2.56. The lowest BCUT2D eigenvalue weighted by Crippen LogP contribution is -2.27.